The van der Waals surface area contributed by atoms with E-state index >= 15 is 0 Å². The number of piperidine rings is 1. The van der Waals surface area contributed by atoms with Crippen LogP contribution in [0.3, 0.4) is 0 Å². The highest BCUT2D eigenvalue weighted by Crippen LogP contribution is 2.25. The van der Waals surface area contributed by atoms with Gasteiger partial charge in [0, 0.05) is 38.3 Å². The maximum absolute atomic E-state index is 12.9. The summed E-state index contributed by atoms with van der Waals surface area (Å²) in [7, 11) is -3.61. The topological polar surface area (TPSA) is 87.0 Å². The molecule has 0 bridgehead atoms. The van der Waals surface area contributed by atoms with Crippen LogP contribution in [-0.4, -0.2) is 78.4 Å². The molecule has 2 atom stereocenters. The summed E-state index contributed by atoms with van der Waals surface area (Å²) in [6.45, 7) is 9.66. The molecule has 0 spiro atoms. The molecule has 0 aromatic carbocycles. The molecule has 0 radical (unpaired) electrons. The van der Waals surface area contributed by atoms with Crippen LogP contribution < -0.4 is 0 Å². The lowest BCUT2D eigenvalue weighted by Gasteiger charge is -2.41. The highest BCUT2D eigenvalue weighted by molar-refractivity contribution is 7.89. The van der Waals surface area contributed by atoms with E-state index in [1.807, 2.05) is 4.90 Å². The monoisotopic (exact) mass is 398 g/mol. The number of nitrogens with zero attached hydrogens (tertiary/aromatic N) is 4. The van der Waals surface area contributed by atoms with Gasteiger partial charge in [0.15, 0.2) is 5.76 Å². The maximum atomic E-state index is 12.9. The molecule has 8 nitrogen and oxygen atoms in total. The van der Waals surface area contributed by atoms with Crippen molar-refractivity contribution >= 4 is 15.9 Å². The van der Waals surface area contributed by atoms with Crippen LogP contribution in [0.25, 0.3) is 0 Å². The first-order valence-electron chi connectivity index (χ1n) is 9.68. The first-order valence-corrected chi connectivity index (χ1v) is 11.1. The summed E-state index contributed by atoms with van der Waals surface area (Å²) in [6.07, 6.45) is 3.28. The third kappa shape index (κ3) is 4.05. The molecule has 27 heavy (non-hydrogen) atoms. The number of hydrogen-bond donors (Lipinski definition) is 0. The molecule has 0 saturated carbocycles. The number of sulfonamides is 1. The quantitative estimate of drug-likeness (QED) is 0.762. The van der Waals surface area contributed by atoms with Gasteiger partial charge in [-0.25, -0.2) is 8.42 Å². The van der Waals surface area contributed by atoms with Crippen molar-refractivity contribution in [2.24, 2.45) is 0 Å². The first kappa shape index (κ1) is 20.3. The summed E-state index contributed by atoms with van der Waals surface area (Å²) in [5, 5.41) is 3.76. The molecule has 1 aromatic heterocycles. The van der Waals surface area contributed by atoms with E-state index < -0.39 is 10.0 Å². The fourth-order valence-electron chi connectivity index (χ4n) is 4.29. The second kappa shape index (κ2) is 7.89. The van der Waals surface area contributed by atoms with Crippen LogP contribution >= 0.6 is 0 Å². The Morgan fingerprint density at radius 2 is 1.70 bits per heavy atom. The Labute approximate surface area is 161 Å². The number of piperazine rings is 1. The van der Waals surface area contributed by atoms with Crippen molar-refractivity contribution in [2.45, 2.75) is 63.9 Å². The van der Waals surface area contributed by atoms with Crippen molar-refractivity contribution < 1.29 is 17.7 Å². The predicted molar refractivity (Wildman–Crippen MR) is 101 cm³/mol. The molecule has 3 heterocycles. The van der Waals surface area contributed by atoms with Crippen LogP contribution in [0.1, 0.15) is 44.6 Å². The summed E-state index contributed by atoms with van der Waals surface area (Å²) in [5.41, 5.74) is 0.387. The van der Waals surface area contributed by atoms with Crippen molar-refractivity contribution in [3.05, 3.63) is 11.5 Å². The zero-order valence-corrected chi connectivity index (χ0v) is 17.5. The van der Waals surface area contributed by atoms with E-state index in [1.165, 1.54) is 10.7 Å². The Bertz CT molecular complexity index is 754. The summed E-state index contributed by atoms with van der Waals surface area (Å²) in [6, 6.07) is 0.560. The van der Waals surface area contributed by atoms with E-state index in [-0.39, 0.29) is 22.9 Å². The van der Waals surface area contributed by atoms with Gasteiger partial charge >= 0.3 is 0 Å². The molecule has 1 amide bonds. The lowest BCUT2D eigenvalue weighted by molar-refractivity contribution is -0.138. The van der Waals surface area contributed by atoms with Crippen molar-refractivity contribution in [2.75, 3.05) is 32.7 Å². The van der Waals surface area contributed by atoms with E-state index in [9.17, 15) is 13.2 Å². The molecule has 0 aliphatic carbocycles. The molecule has 1 aromatic rings. The Morgan fingerprint density at radius 3 is 2.22 bits per heavy atom. The molecule has 0 N–H and O–H groups in total. The van der Waals surface area contributed by atoms with Crippen LogP contribution in [0.5, 0.6) is 0 Å². The van der Waals surface area contributed by atoms with Crippen LogP contribution in [0.15, 0.2) is 9.42 Å². The van der Waals surface area contributed by atoms with Crippen LogP contribution in [0, 0.1) is 13.8 Å². The standard InChI is InChI=1S/C18H30N4O4S/c1-13-6-5-7-14(2)22(13)17(23)12-20-8-10-21(11-9-20)27(24,25)18-15(3)19-26-16(18)4/h13-14H,5-12H2,1-4H3. The minimum absolute atomic E-state index is 0.150. The highest BCUT2D eigenvalue weighted by Gasteiger charge is 2.35. The smallest absolute Gasteiger partial charge is 0.248 e. The van der Waals surface area contributed by atoms with Crippen molar-refractivity contribution in [3.63, 3.8) is 0 Å². The highest BCUT2D eigenvalue weighted by atomic mass is 32.2. The second-order valence-corrected chi connectivity index (χ2v) is 9.64. The number of amides is 1. The minimum Gasteiger partial charge on any atom is -0.360 e. The number of aromatic nitrogens is 1. The lowest BCUT2D eigenvalue weighted by atomic mass is 9.97. The number of aryl methyl sites for hydroxylation is 2. The summed E-state index contributed by atoms with van der Waals surface area (Å²) >= 11 is 0. The first-order chi connectivity index (χ1) is 12.7. The van der Waals surface area contributed by atoms with E-state index in [0.717, 1.165) is 12.8 Å². The SMILES string of the molecule is Cc1noc(C)c1S(=O)(=O)N1CCN(CC(=O)N2C(C)CCCC2C)CC1. The van der Waals surface area contributed by atoms with Crippen LogP contribution in [0.4, 0.5) is 0 Å². The molecular formula is C18H30N4O4S. The molecule has 2 unspecified atom stereocenters. The third-order valence-electron chi connectivity index (χ3n) is 5.74. The van der Waals surface area contributed by atoms with Gasteiger partial charge < -0.3 is 9.42 Å². The summed E-state index contributed by atoms with van der Waals surface area (Å²) in [4.78, 5) is 17.0. The van der Waals surface area contributed by atoms with Gasteiger partial charge in [-0.05, 0) is 47.0 Å². The van der Waals surface area contributed by atoms with Crippen molar-refractivity contribution in [3.8, 4) is 0 Å². The number of likely N-dealkylation sites (tertiary alicyclic amines) is 1. The van der Waals surface area contributed by atoms with E-state index in [1.54, 1.807) is 13.8 Å². The van der Waals surface area contributed by atoms with Crippen molar-refractivity contribution in [1.82, 2.24) is 19.3 Å². The number of carbonyl (C=O) groups excluding carboxylic acids is 1. The Hall–Kier alpha value is -1.45. The molecule has 2 aliphatic heterocycles. The van der Waals surface area contributed by atoms with Gasteiger partial charge in [0.05, 0.1) is 6.54 Å². The Kier molecular flexibility index (Phi) is 5.93. The van der Waals surface area contributed by atoms with E-state index in [4.69, 9.17) is 4.52 Å². The van der Waals surface area contributed by atoms with Gasteiger partial charge in [-0.3, -0.25) is 9.69 Å². The lowest BCUT2D eigenvalue weighted by Crippen LogP contribution is -2.54. The zero-order valence-electron chi connectivity index (χ0n) is 16.6. The van der Waals surface area contributed by atoms with Gasteiger partial charge in [-0.2, -0.15) is 4.31 Å². The van der Waals surface area contributed by atoms with E-state index in [2.05, 4.69) is 23.9 Å². The minimum atomic E-state index is -3.61. The molecular weight excluding hydrogens is 368 g/mol. The molecule has 2 fully saturated rings. The average Bonchev–Trinajstić information content (AvgIpc) is 2.94. The Balaban J connectivity index is 1.60. The average molecular weight is 399 g/mol. The third-order valence-corrected chi connectivity index (χ3v) is 7.88. The number of rotatable bonds is 4. The van der Waals surface area contributed by atoms with Crippen LogP contribution in [-0.2, 0) is 14.8 Å². The van der Waals surface area contributed by atoms with Crippen molar-refractivity contribution in [1.29, 1.82) is 0 Å². The van der Waals surface area contributed by atoms with Gasteiger partial charge in [0.2, 0.25) is 15.9 Å². The molecule has 2 saturated heterocycles. The maximum Gasteiger partial charge on any atom is 0.248 e. The molecule has 9 heteroatoms. The van der Waals surface area contributed by atoms with Gasteiger partial charge in [-0.1, -0.05) is 5.16 Å². The molecule has 3 rings (SSSR count). The van der Waals surface area contributed by atoms with Crippen LogP contribution in [0.2, 0.25) is 0 Å². The van der Waals surface area contributed by atoms with Gasteiger partial charge in [-0.15, -0.1) is 0 Å². The second-order valence-electron chi connectivity index (χ2n) is 7.76. The van der Waals surface area contributed by atoms with Gasteiger partial charge in [0.1, 0.15) is 10.6 Å². The van der Waals surface area contributed by atoms with E-state index in [0.29, 0.717) is 44.2 Å². The Morgan fingerprint density at radius 1 is 1.11 bits per heavy atom. The zero-order chi connectivity index (χ0) is 19.8. The van der Waals surface area contributed by atoms with Gasteiger partial charge in [0.25, 0.3) is 0 Å². The molecule has 152 valence electrons. The summed E-state index contributed by atoms with van der Waals surface area (Å²) in [5.74, 6) is 0.468. The summed E-state index contributed by atoms with van der Waals surface area (Å²) < 4.78 is 32.3. The predicted octanol–water partition coefficient (Wildman–Crippen LogP) is 1.39. The largest absolute Gasteiger partial charge is 0.360 e. The fourth-order valence-corrected chi connectivity index (χ4v) is 6.00. The number of carbonyl (C=O) groups is 1. The number of hydrogen-bond acceptors (Lipinski definition) is 6. The normalized spacial score (nSPS) is 25.7. The molecule has 2 aliphatic rings. The fraction of sp³-hybridized carbons (Fsp3) is 0.778.